The third-order valence-corrected chi connectivity index (χ3v) is 3.14. The van der Waals surface area contributed by atoms with Crippen LogP contribution in [-0.2, 0) is 6.54 Å². The van der Waals surface area contributed by atoms with E-state index in [4.69, 9.17) is 14.6 Å². The Morgan fingerprint density at radius 2 is 1.91 bits per heavy atom. The summed E-state index contributed by atoms with van der Waals surface area (Å²) in [5, 5.41) is 8.98. The zero-order valence-corrected chi connectivity index (χ0v) is 14.2. The van der Waals surface area contributed by atoms with Crippen molar-refractivity contribution in [3.8, 4) is 11.5 Å². The number of benzene rings is 1. The maximum atomic E-state index is 12.4. The number of carboxylic acid groups (broad SMARTS) is 1. The molecule has 2 rings (SSSR count). The summed E-state index contributed by atoms with van der Waals surface area (Å²) in [7, 11) is 3.00. The number of hydrogen-bond donors (Lipinski definition) is 1. The van der Waals surface area contributed by atoms with Gasteiger partial charge in [0.2, 0.25) is 12.3 Å². The Labute approximate surface area is 144 Å². The number of ether oxygens (including phenoxy) is 2. The lowest BCUT2D eigenvalue weighted by Gasteiger charge is -2.08. The summed E-state index contributed by atoms with van der Waals surface area (Å²) in [4.78, 5) is 23.4. The van der Waals surface area contributed by atoms with E-state index >= 15 is 0 Å². The minimum atomic E-state index is -1.04. The van der Waals surface area contributed by atoms with E-state index in [1.165, 1.54) is 31.0 Å². The second kappa shape index (κ2) is 8.28. The van der Waals surface area contributed by atoms with Gasteiger partial charge in [0, 0.05) is 6.07 Å². The number of aromatic nitrogens is 1. The largest absolute Gasteiger partial charge is 1.00 e. The number of aromatic carboxylic acids is 1. The fourth-order valence-electron chi connectivity index (χ4n) is 2.03. The topological polar surface area (TPSA) is 76.7 Å². The highest BCUT2D eigenvalue weighted by Gasteiger charge is 2.19. The Kier molecular flexibility index (Phi) is 6.71. The number of pyridine rings is 1. The smallest absolute Gasteiger partial charge is 0.341 e. The quantitative estimate of drug-likeness (QED) is 0.490. The summed E-state index contributed by atoms with van der Waals surface area (Å²) in [5.74, 6) is -0.252. The first-order valence-electron chi connectivity index (χ1n) is 6.52. The van der Waals surface area contributed by atoms with Crippen LogP contribution in [0.5, 0.6) is 11.5 Å². The van der Waals surface area contributed by atoms with Crippen LogP contribution in [-0.4, -0.2) is 31.1 Å². The number of carboxylic acids is 1. The third kappa shape index (κ3) is 4.53. The molecule has 0 spiro atoms. The van der Waals surface area contributed by atoms with Crippen LogP contribution in [0.15, 0.2) is 42.7 Å². The Morgan fingerprint density at radius 1 is 1.17 bits per heavy atom. The van der Waals surface area contributed by atoms with Gasteiger partial charge in [-0.1, -0.05) is 0 Å². The van der Waals surface area contributed by atoms with Crippen molar-refractivity contribution in [1.29, 1.82) is 0 Å². The molecule has 0 saturated heterocycles. The Bertz CT molecular complexity index is 717. The Balaban J connectivity index is 0.00000264. The standard InChI is InChI=1S/C16H15NO5.BrH/c1-21-12-5-6-15(22-2)13(8-12)14(18)10-17-7-3-4-11(9-17)16(19)20;/h3-9H,10H2,1-2H3;1H. The maximum absolute atomic E-state index is 12.4. The van der Waals surface area contributed by atoms with Crippen molar-refractivity contribution < 1.29 is 45.7 Å². The minimum Gasteiger partial charge on any atom is -1.00 e. The molecule has 1 N–H and O–H groups in total. The van der Waals surface area contributed by atoms with Crippen molar-refractivity contribution in [3.05, 3.63) is 53.9 Å². The molecule has 0 atom stereocenters. The molecule has 6 nitrogen and oxygen atoms in total. The van der Waals surface area contributed by atoms with Crippen LogP contribution < -0.4 is 31.0 Å². The lowest BCUT2D eigenvalue weighted by atomic mass is 10.1. The zero-order valence-electron chi connectivity index (χ0n) is 12.7. The van der Waals surface area contributed by atoms with Crippen molar-refractivity contribution in [2.75, 3.05) is 14.2 Å². The van der Waals surface area contributed by atoms with Gasteiger partial charge in [0.1, 0.15) is 17.1 Å². The van der Waals surface area contributed by atoms with E-state index in [0.29, 0.717) is 17.1 Å². The van der Waals surface area contributed by atoms with Crippen LogP contribution in [0, 0.1) is 0 Å². The molecule has 0 aliphatic carbocycles. The van der Waals surface area contributed by atoms with Crippen LogP contribution in [0.3, 0.4) is 0 Å². The first kappa shape index (κ1) is 18.6. The molecule has 1 aromatic heterocycles. The molecule has 23 heavy (non-hydrogen) atoms. The molecule has 0 bridgehead atoms. The molecule has 0 fully saturated rings. The Morgan fingerprint density at radius 3 is 2.52 bits per heavy atom. The first-order valence-corrected chi connectivity index (χ1v) is 6.52. The van der Waals surface area contributed by atoms with Crippen molar-refractivity contribution in [1.82, 2.24) is 0 Å². The average Bonchev–Trinajstić information content (AvgIpc) is 2.54. The maximum Gasteiger partial charge on any atom is 0.341 e. The second-order valence-corrected chi connectivity index (χ2v) is 4.56. The lowest BCUT2D eigenvalue weighted by Crippen LogP contribution is -3.00. The first-order chi connectivity index (χ1) is 10.5. The van der Waals surface area contributed by atoms with Crippen molar-refractivity contribution in [2.45, 2.75) is 6.54 Å². The molecule has 122 valence electrons. The van der Waals surface area contributed by atoms with E-state index in [9.17, 15) is 9.59 Å². The summed E-state index contributed by atoms with van der Waals surface area (Å²) in [6.07, 6.45) is 3.05. The van der Waals surface area contributed by atoms with E-state index < -0.39 is 5.97 Å². The number of carbonyl (C=O) groups excluding carboxylic acids is 1. The summed E-state index contributed by atoms with van der Waals surface area (Å²) >= 11 is 0. The van der Waals surface area contributed by atoms with Gasteiger partial charge in [0.25, 0.3) is 0 Å². The summed E-state index contributed by atoms with van der Waals surface area (Å²) in [5.41, 5.74) is 0.503. The van der Waals surface area contributed by atoms with E-state index in [-0.39, 0.29) is 34.9 Å². The minimum absolute atomic E-state index is 0. The number of halogens is 1. The average molecular weight is 382 g/mol. The van der Waals surface area contributed by atoms with Crippen LogP contribution >= 0.6 is 0 Å². The van der Waals surface area contributed by atoms with Gasteiger partial charge >= 0.3 is 5.97 Å². The monoisotopic (exact) mass is 381 g/mol. The second-order valence-electron chi connectivity index (χ2n) is 4.56. The zero-order chi connectivity index (χ0) is 16.1. The van der Waals surface area contributed by atoms with Crippen LogP contribution in [0.2, 0.25) is 0 Å². The van der Waals surface area contributed by atoms with Gasteiger partial charge in [-0.25, -0.2) is 4.79 Å². The predicted octanol–water partition coefficient (Wildman–Crippen LogP) is -1.42. The molecule has 1 heterocycles. The Hall–Kier alpha value is -2.41. The van der Waals surface area contributed by atoms with Crippen molar-refractivity contribution >= 4 is 11.8 Å². The number of methoxy groups -OCH3 is 2. The number of rotatable bonds is 6. The van der Waals surface area contributed by atoms with Gasteiger partial charge in [-0.05, 0) is 24.3 Å². The number of nitrogens with zero attached hydrogens (tertiary/aromatic N) is 1. The van der Waals surface area contributed by atoms with Gasteiger partial charge < -0.3 is 31.6 Å². The number of carbonyl (C=O) groups is 2. The van der Waals surface area contributed by atoms with Crippen LogP contribution in [0.4, 0.5) is 0 Å². The molecule has 2 aromatic rings. The molecule has 7 heteroatoms. The molecule has 0 radical (unpaired) electrons. The summed E-state index contributed by atoms with van der Waals surface area (Å²) in [6.45, 7) is 0.00461. The number of hydrogen-bond acceptors (Lipinski definition) is 4. The highest BCUT2D eigenvalue weighted by molar-refractivity contribution is 5.98. The van der Waals surface area contributed by atoms with Gasteiger partial charge in [-0.2, -0.15) is 4.57 Å². The van der Waals surface area contributed by atoms with Crippen molar-refractivity contribution in [3.63, 3.8) is 0 Å². The highest BCUT2D eigenvalue weighted by atomic mass is 79.9. The van der Waals surface area contributed by atoms with E-state index in [1.54, 1.807) is 30.5 Å². The molecular formula is C16H16BrNO5. The van der Waals surface area contributed by atoms with Crippen LogP contribution in [0.25, 0.3) is 0 Å². The van der Waals surface area contributed by atoms with E-state index in [2.05, 4.69) is 0 Å². The van der Waals surface area contributed by atoms with E-state index in [1.807, 2.05) is 0 Å². The third-order valence-electron chi connectivity index (χ3n) is 3.14. The van der Waals surface area contributed by atoms with Gasteiger partial charge in [-0.3, -0.25) is 4.79 Å². The summed E-state index contributed by atoms with van der Waals surface area (Å²) in [6, 6.07) is 8.01. The molecule has 1 aromatic carbocycles. The fraction of sp³-hybridized carbons (Fsp3) is 0.188. The predicted molar refractivity (Wildman–Crippen MR) is 77.5 cm³/mol. The van der Waals surface area contributed by atoms with E-state index in [0.717, 1.165) is 0 Å². The molecule has 0 aliphatic rings. The lowest BCUT2D eigenvalue weighted by molar-refractivity contribution is -0.683. The SMILES string of the molecule is COc1ccc(OC)c(C(=O)C[n+]2cccc(C(=O)O)c2)c1.[Br-]. The van der Waals surface area contributed by atoms with Gasteiger partial charge in [0.05, 0.1) is 19.8 Å². The molecule has 0 amide bonds. The fourth-order valence-corrected chi connectivity index (χ4v) is 2.03. The van der Waals surface area contributed by atoms with Crippen molar-refractivity contribution in [2.24, 2.45) is 0 Å². The summed E-state index contributed by atoms with van der Waals surface area (Å²) < 4.78 is 11.8. The van der Waals surface area contributed by atoms with Gasteiger partial charge in [0.15, 0.2) is 12.4 Å². The van der Waals surface area contributed by atoms with Crippen LogP contribution in [0.1, 0.15) is 20.7 Å². The molecular weight excluding hydrogens is 366 g/mol. The highest BCUT2D eigenvalue weighted by Crippen LogP contribution is 2.24. The normalized spacial score (nSPS) is 9.65. The molecule has 0 saturated carbocycles. The molecule has 0 unspecified atom stereocenters. The molecule has 0 aliphatic heterocycles. The number of ketones is 1. The number of Topliss-reactive ketones (excluding diaryl/α,β-unsaturated/α-hetero) is 1. The van der Waals surface area contributed by atoms with Gasteiger partial charge in [-0.15, -0.1) is 0 Å².